The van der Waals surface area contributed by atoms with E-state index in [1.807, 2.05) is 24.3 Å². The molecule has 0 atom stereocenters. The molecule has 160 valence electrons. The topological polar surface area (TPSA) is 38.3 Å². The molecule has 30 heavy (non-hydrogen) atoms. The fraction of sp³-hybridized carbons (Fsp3) is 0.333. The van der Waals surface area contributed by atoms with Crippen LogP contribution in [0.25, 0.3) is 6.08 Å². The van der Waals surface area contributed by atoms with Gasteiger partial charge in [-0.05, 0) is 30.7 Å². The standard InChI is InChI=1S/C24H33NO2SSi2/c1-8-27-23(26)14-11-18-9-12-20(13-10-18)25-24(28)19-15-21(29(2,3)4)17-22(16-19)30(5,6)7/h9-17H,8H2,1-7H3,(H,25,28). The van der Waals surface area contributed by atoms with Crippen LogP contribution in [0.4, 0.5) is 5.69 Å². The van der Waals surface area contributed by atoms with Gasteiger partial charge in [0.05, 0.1) is 22.8 Å². The van der Waals surface area contributed by atoms with E-state index in [4.69, 9.17) is 17.0 Å². The average molecular weight is 456 g/mol. The lowest BCUT2D eigenvalue weighted by molar-refractivity contribution is -0.137. The van der Waals surface area contributed by atoms with Gasteiger partial charge in [0.15, 0.2) is 0 Å². The number of anilines is 1. The van der Waals surface area contributed by atoms with Crippen molar-refractivity contribution in [2.45, 2.75) is 46.2 Å². The first-order valence-corrected chi connectivity index (χ1v) is 17.7. The summed E-state index contributed by atoms with van der Waals surface area (Å²) in [6, 6.07) is 14.8. The number of thiocarbonyl (C=S) groups is 1. The number of esters is 1. The highest BCUT2D eigenvalue weighted by molar-refractivity contribution is 7.81. The van der Waals surface area contributed by atoms with Gasteiger partial charge >= 0.3 is 5.97 Å². The van der Waals surface area contributed by atoms with E-state index >= 15 is 0 Å². The number of carbonyl (C=O) groups is 1. The SMILES string of the molecule is CCOC(=O)C=Cc1ccc(NC(=S)c2cc([Si](C)(C)C)cc([Si](C)(C)C)c2)cc1. The van der Waals surface area contributed by atoms with Gasteiger partial charge in [0.25, 0.3) is 0 Å². The van der Waals surface area contributed by atoms with Crippen LogP contribution in [0.3, 0.4) is 0 Å². The van der Waals surface area contributed by atoms with Crippen molar-refractivity contribution in [3.05, 3.63) is 59.7 Å². The highest BCUT2D eigenvalue weighted by Crippen LogP contribution is 2.15. The summed E-state index contributed by atoms with van der Waals surface area (Å²) in [6.45, 7) is 16.4. The summed E-state index contributed by atoms with van der Waals surface area (Å²) < 4.78 is 4.91. The van der Waals surface area contributed by atoms with Crippen molar-refractivity contribution >= 4 is 61.5 Å². The summed E-state index contributed by atoms with van der Waals surface area (Å²) in [5, 5.41) is 6.27. The number of rotatable bonds is 7. The van der Waals surface area contributed by atoms with Crippen LogP contribution in [0.15, 0.2) is 48.5 Å². The number of nitrogens with one attached hydrogen (secondary N) is 1. The van der Waals surface area contributed by atoms with Gasteiger partial charge in [0, 0.05) is 17.3 Å². The Kier molecular flexibility index (Phi) is 7.96. The molecule has 0 fully saturated rings. The molecule has 0 saturated carbocycles. The van der Waals surface area contributed by atoms with Crippen LogP contribution in [0.2, 0.25) is 39.3 Å². The van der Waals surface area contributed by atoms with Crippen molar-refractivity contribution < 1.29 is 9.53 Å². The first kappa shape index (κ1) is 24.2. The van der Waals surface area contributed by atoms with Crippen LogP contribution in [-0.2, 0) is 9.53 Å². The van der Waals surface area contributed by atoms with Crippen LogP contribution in [0.5, 0.6) is 0 Å². The molecule has 0 spiro atoms. The smallest absolute Gasteiger partial charge is 0.330 e. The molecule has 0 unspecified atom stereocenters. The third-order valence-electron chi connectivity index (χ3n) is 4.79. The number of hydrogen-bond donors (Lipinski definition) is 1. The Balaban J connectivity index is 2.22. The molecule has 6 heteroatoms. The molecule has 1 N–H and O–H groups in total. The quantitative estimate of drug-likeness (QED) is 0.271. The molecular weight excluding hydrogens is 423 g/mol. The normalized spacial score (nSPS) is 12.1. The minimum absolute atomic E-state index is 0.332. The second-order valence-corrected chi connectivity index (χ2v) is 20.0. The molecule has 0 amide bonds. The lowest BCUT2D eigenvalue weighted by Gasteiger charge is -2.24. The predicted molar refractivity (Wildman–Crippen MR) is 140 cm³/mol. The van der Waals surface area contributed by atoms with Crippen molar-refractivity contribution in [2.24, 2.45) is 0 Å². The Morgan fingerprint density at radius 1 is 0.967 bits per heavy atom. The van der Waals surface area contributed by atoms with E-state index in [0.717, 1.165) is 21.8 Å². The fourth-order valence-corrected chi connectivity index (χ4v) is 5.59. The molecule has 3 nitrogen and oxygen atoms in total. The first-order valence-electron chi connectivity index (χ1n) is 10.3. The molecular formula is C24H33NO2SSi2. The van der Waals surface area contributed by atoms with Crippen LogP contribution < -0.4 is 15.7 Å². The second kappa shape index (κ2) is 9.85. The third kappa shape index (κ3) is 7.04. The van der Waals surface area contributed by atoms with Gasteiger partial charge in [0.2, 0.25) is 0 Å². The lowest BCUT2D eigenvalue weighted by Crippen LogP contribution is -2.45. The van der Waals surface area contributed by atoms with Crippen molar-refractivity contribution in [3.8, 4) is 0 Å². The second-order valence-electron chi connectivity index (χ2n) is 9.46. The number of benzene rings is 2. The van der Waals surface area contributed by atoms with Crippen molar-refractivity contribution in [1.29, 1.82) is 0 Å². The van der Waals surface area contributed by atoms with E-state index in [1.165, 1.54) is 16.4 Å². The molecule has 0 heterocycles. The van der Waals surface area contributed by atoms with Crippen LogP contribution in [-0.4, -0.2) is 33.7 Å². The third-order valence-corrected chi connectivity index (χ3v) is 9.17. The van der Waals surface area contributed by atoms with Crippen molar-refractivity contribution in [3.63, 3.8) is 0 Å². The Labute approximate surface area is 188 Å². The Morgan fingerprint density at radius 2 is 1.50 bits per heavy atom. The summed E-state index contributed by atoms with van der Waals surface area (Å²) in [6.07, 6.45) is 3.19. The van der Waals surface area contributed by atoms with Crippen molar-refractivity contribution in [2.75, 3.05) is 11.9 Å². The van der Waals surface area contributed by atoms with Gasteiger partial charge in [-0.2, -0.15) is 0 Å². The van der Waals surface area contributed by atoms with Crippen molar-refractivity contribution in [1.82, 2.24) is 0 Å². The highest BCUT2D eigenvalue weighted by atomic mass is 32.1. The van der Waals surface area contributed by atoms with Gasteiger partial charge in [-0.1, -0.05) is 92.2 Å². The molecule has 0 aliphatic heterocycles. The van der Waals surface area contributed by atoms with Crippen LogP contribution in [0.1, 0.15) is 18.1 Å². The van der Waals surface area contributed by atoms with E-state index in [2.05, 4.69) is 62.8 Å². The zero-order valence-corrected chi connectivity index (χ0v) is 21.9. The molecule has 0 aliphatic rings. The largest absolute Gasteiger partial charge is 0.463 e. The molecule has 0 saturated heterocycles. The van der Waals surface area contributed by atoms with E-state index in [9.17, 15) is 4.79 Å². The monoisotopic (exact) mass is 455 g/mol. The zero-order valence-electron chi connectivity index (χ0n) is 19.1. The van der Waals surface area contributed by atoms with E-state index in [-0.39, 0.29) is 5.97 Å². The maximum atomic E-state index is 11.4. The highest BCUT2D eigenvalue weighted by Gasteiger charge is 2.23. The number of hydrogen-bond acceptors (Lipinski definition) is 3. The minimum Gasteiger partial charge on any atom is -0.463 e. The van der Waals surface area contributed by atoms with Gasteiger partial charge in [-0.15, -0.1) is 0 Å². The molecule has 0 radical (unpaired) electrons. The lowest BCUT2D eigenvalue weighted by atomic mass is 10.1. The first-order chi connectivity index (χ1) is 13.9. The molecule has 0 bridgehead atoms. The molecule has 2 rings (SSSR count). The predicted octanol–water partition coefficient (Wildman–Crippen LogP) is 5.14. The summed E-state index contributed by atoms with van der Waals surface area (Å²) in [5.74, 6) is -0.332. The average Bonchev–Trinajstić information content (AvgIpc) is 2.66. The van der Waals surface area contributed by atoms with Gasteiger partial charge in [0.1, 0.15) is 4.99 Å². The fourth-order valence-electron chi connectivity index (χ4n) is 2.86. The number of carbonyl (C=O) groups excluding carboxylic acids is 1. The summed E-state index contributed by atoms with van der Waals surface area (Å²) in [5.41, 5.74) is 2.95. The zero-order chi connectivity index (χ0) is 22.5. The summed E-state index contributed by atoms with van der Waals surface area (Å²) >= 11 is 5.76. The Hall–Kier alpha value is -2.03. The minimum atomic E-state index is -1.46. The molecule has 0 aromatic heterocycles. The summed E-state index contributed by atoms with van der Waals surface area (Å²) in [7, 11) is -2.91. The Bertz CT molecular complexity index is 907. The molecule has 2 aromatic rings. The van der Waals surface area contributed by atoms with Gasteiger partial charge in [-0.3, -0.25) is 0 Å². The van der Waals surface area contributed by atoms with Gasteiger partial charge < -0.3 is 10.1 Å². The van der Waals surface area contributed by atoms with Crippen LogP contribution in [0, 0.1) is 0 Å². The number of ether oxygens (including phenoxy) is 1. The van der Waals surface area contributed by atoms with E-state index < -0.39 is 16.1 Å². The maximum absolute atomic E-state index is 11.4. The van der Waals surface area contributed by atoms with E-state index in [1.54, 1.807) is 13.0 Å². The summed E-state index contributed by atoms with van der Waals surface area (Å²) in [4.78, 5) is 12.2. The van der Waals surface area contributed by atoms with Gasteiger partial charge in [-0.25, -0.2) is 4.79 Å². The maximum Gasteiger partial charge on any atom is 0.330 e. The van der Waals surface area contributed by atoms with E-state index in [0.29, 0.717) is 6.61 Å². The van der Waals surface area contributed by atoms with Crippen LogP contribution >= 0.6 is 12.2 Å². The molecule has 2 aromatic carbocycles. The Morgan fingerprint density at radius 3 is 1.97 bits per heavy atom. The molecule has 0 aliphatic carbocycles.